The summed E-state index contributed by atoms with van der Waals surface area (Å²) in [4.78, 5) is 0. The summed E-state index contributed by atoms with van der Waals surface area (Å²) in [5, 5.41) is 3.42. The molecule has 15 heavy (non-hydrogen) atoms. The molecule has 0 aromatic heterocycles. The number of benzene rings is 1. The van der Waals surface area contributed by atoms with Crippen LogP contribution in [0.1, 0.15) is 19.8 Å². The highest BCUT2D eigenvalue weighted by atomic mass is 35.5. The lowest BCUT2D eigenvalue weighted by molar-refractivity contribution is 0.309. The van der Waals surface area contributed by atoms with Gasteiger partial charge in [-0.25, -0.2) is 4.39 Å². The highest BCUT2D eigenvalue weighted by Crippen LogP contribution is 2.32. The van der Waals surface area contributed by atoms with Crippen LogP contribution in [0.4, 0.5) is 10.1 Å². The van der Waals surface area contributed by atoms with Gasteiger partial charge in [0.05, 0.1) is 10.0 Å². The van der Waals surface area contributed by atoms with Crippen LogP contribution < -0.4 is 5.32 Å². The molecule has 0 atom stereocenters. The van der Waals surface area contributed by atoms with Crippen molar-refractivity contribution in [2.45, 2.75) is 25.8 Å². The Balaban J connectivity index is 2.09. The Morgan fingerprint density at radius 2 is 1.80 bits per heavy atom. The van der Waals surface area contributed by atoms with E-state index in [2.05, 4.69) is 12.2 Å². The maximum atomic E-state index is 13.1. The summed E-state index contributed by atoms with van der Waals surface area (Å²) < 4.78 is 13.1. The first-order valence-corrected chi connectivity index (χ1v) is 5.73. The molecular formula is C11H12Cl2FN. The molecule has 2 rings (SSSR count). The molecule has 1 saturated carbocycles. The molecule has 0 spiro atoms. The molecule has 1 N–H and O–H groups in total. The molecule has 0 radical (unpaired) electrons. The summed E-state index contributed by atoms with van der Waals surface area (Å²) in [7, 11) is 0. The van der Waals surface area contributed by atoms with Crippen molar-refractivity contribution in [1.82, 2.24) is 0 Å². The van der Waals surface area contributed by atoms with Crippen LogP contribution in [-0.2, 0) is 0 Å². The fourth-order valence-electron chi connectivity index (χ4n) is 1.89. The van der Waals surface area contributed by atoms with Crippen LogP contribution in [0.5, 0.6) is 0 Å². The van der Waals surface area contributed by atoms with Gasteiger partial charge in [0.15, 0.2) is 5.82 Å². The minimum absolute atomic E-state index is 0.0670. The van der Waals surface area contributed by atoms with E-state index < -0.39 is 5.82 Å². The number of anilines is 1. The third-order valence-corrected chi connectivity index (χ3v) is 3.28. The van der Waals surface area contributed by atoms with Crippen molar-refractivity contribution in [2.75, 3.05) is 5.32 Å². The van der Waals surface area contributed by atoms with Gasteiger partial charge in [0.2, 0.25) is 0 Å². The fourth-order valence-corrected chi connectivity index (χ4v) is 2.38. The molecule has 0 bridgehead atoms. The van der Waals surface area contributed by atoms with Gasteiger partial charge in [-0.05, 0) is 30.9 Å². The predicted molar refractivity (Wildman–Crippen MR) is 62.2 cm³/mol. The first kappa shape index (κ1) is 11.0. The van der Waals surface area contributed by atoms with Crippen molar-refractivity contribution in [1.29, 1.82) is 0 Å². The Bertz CT molecular complexity index is 352. The minimum atomic E-state index is -0.550. The summed E-state index contributed by atoms with van der Waals surface area (Å²) in [6.07, 6.45) is 2.29. The van der Waals surface area contributed by atoms with Crippen molar-refractivity contribution in [3.8, 4) is 0 Å². The smallest absolute Gasteiger partial charge is 0.160 e. The molecule has 1 aromatic rings. The summed E-state index contributed by atoms with van der Waals surface area (Å²) >= 11 is 11.4. The van der Waals surface area contributed by atoms with E-state index in [0.29, 0.717) is 6.04 Å². The molecule has 0 aliphatic heterocycles. The SMILES string of the molecule is CC1CC(Nc2cc(Cl)c(F)c(Cl)c2)C1. The number of nitrogens with one attached hydrogen (secondary N) is 1. The molecule has 1 aliphatic rings. The van der Waals surface area contributed by atoms with Crippen LogP contribution >= 0.6 is 23.2 Å². The van der Waals surface area contributed by atoms with E-state index in [1.165, 1.54) is 0 Å². The summed E-state index contributed by atoms with van der Waals surface area (Å²) in [6.45, 7) is 2.21. The van der Waals surface area contributed by atoms with E-state index in [9.17, 15) is 4.39 Å². The first-order valence-electron chi connectivity index (χ1n) is 4.97. The maximum Gasteiger partial charge on any atom is 0.160 e. The lowest BCUT2D eigenvalue weighted by atomic mass is 9.82. The molecular weight excluding hydrogens is 236 g/mol. The van der Waals surface area contributed by atoms with Crippen molar-refractivity contribution < 1.29 is 4.39 Å². The van der Waals surface area contributed by atoms with Crippen LogP contribution in [0.15, 0.2) is 12.1 Å². The minimum Gasteiger partial charge on any atom is -0.382 e. The topological polar surface area (TPSA) is 12.0 Å². The van der Waals surface area contributed by atoms with Crippen LogP contribution in [0.2, 0.25) is 10.0 Å². The number of halogens is 3. The third kappa shape index (κ3) is 2.37. The van der Waals surface area contributed by atoms with E-state index in [0.717, 1.165) is 24.4 Å². The van der Waals surface area contributed by atoms with Gasteiger partial charge >= 0.3 is 0 Å². The second-order valence-electron chi connectivity index (χ2n) is 4.17. The highest BCUT2D eigenvalue weighted by Gasteiger charge is 2.25. The Labute approximate surface area is 98.6 Å². The molecule has 1 aromatic carbocycles. The van der Waals surface area contributed by atoms with E-state index in [1.807, 2.05) is 0 Å². The average molecular weight is 248 g/mol. The lowest BCUT2D eigenvalue weighted by Crippen LogP contribution is -2.33. The van der Waals surface area contributed by atoms with Gasteiger partial charge in [0, 0.05) is 11.7 Å². The van der Waals surface area contributed by atoms with Crippen molar-refractivity contribution in [3.63, 3.8) is 0 Å². The number of hydrogen-bond donors (Lipinski definition) is 1. The zero-order valence-electron chi connectivity index (χ0n) is 8.36. The van der Waals surface area contributed by atoms with Crippen molar-refractivity contribution in [2.24, 2.45) is 5.92 Å². The van der Waals surface area contributed by atoms with Gasteiger partial charge in [0.1, 0.15) is 0 Å². The Hall–Kier alpha value is -0.470. The first-order chi connectivity index (χ1) is 7.06. The van der Waals surface area contributed by atoms with E-state index in [-0.39, 0.29) is 10.0 Å². The van der Waals surface area contributed by atoms with Gasteiger partial charge < -0.3 is 5.32 Å². The monoisotopic (exact) mass is 247 g/mol. The van der Waals surface area contributed by atoms with Crippen molar-refractivity contribution in [3.05, 3.63) is 28.0 Å². The highest BCUT2D eigenvalue weighted by molar-refractivity contribution is 6.35. The quantitative estimate of drug-likeness (QED) is 0.767. The molecule has 0 heterocycles. The van der Waals surface area contributed by atoms with E-state index >= 15 is 0 Å². The number of rotatable bonds is 2. The van der Waals surface area contributed by atoms with Gasteiger partial charge in [-0.2, -0.15) is 0 Å². The lowest BCUT2D eigenvalue weighted by Gasteiger charge is -2.34. The number of hydrogen-bond acceptors (Lipinski definition) is 1. The standard InChI is InChI=1S/C11H12Cl2FN/c1-6-2-7(3-6)15-8-4-9(12)11(14)10(13)5-8/h4-7,15H,2-3H2,1H3. The summed E-state index contributed by atoms with van der Waals surface area (Å²) in [5.41, 5.74) is 0.795. The van der Waals surface area contributed by atoms with Crippen LogP contribution in [0, 0.1) is 11.7 Å². The Kier molecular flexibility index (Phi) is 3.08. The predicted octanol–water partition coefficient (Wildman–Crippen LogP) is 4.34. The Morgan fingerprint density at radius 3 is 2.27 bits per heavy atom. The van der Waals surface area contributed by atoms with Crippen LogP contribution in [0.3, 0.4) is 0 Å². The molecule has 1 nitrogen and oxygen atoms in total. The van der Waals surface area contributed by atoms with Gasteiger partial charge in [-0.3, -0.25) is 0 Å². The second-order valence-corrected chi connectivity index (χ2v) is 4.99. The zero-order chi connectivity index (χ0) is 11.0. The normalized spacial score (nSPS) is 24.8. The maximum absolute atomic E-state index is 13.1. The molecule has 0 saturated heterocycles. The summed E-state index contributed by atoms with van der Waals surface area (Å²) in [6, 6.07) is 3.62. The van der Waals surface area contributed by atoms with Crippen LogP contribution in [0.25, 0.3) is 0 Å². The molecule has 1 aliphatic carbocycles. The Morgan fingerprint density at radius 1 is 1.27 bits per heavy atom. The summed E-state index contributed by atoms with van der Waals surface area (Å²) in [5.74, 6) is 0.222. The molecule has 82 valence electrons. The molecule has 1 fully saturated rings. The van der Waals surface area contributed by atoms with E-state index in [4.69, 9.17) is 23.2 Å². The largest absolute Gasteiger partial charge is 0.382 e. The van der Waals surface area contributed by atoms with Gasteiger partial charge in [-0.1, -0.05) is 30.1 Å². The molecule has 0 unspecified atom stereocenters. The van der Waals surface area contributed by atoms with Gasteiger partial charge in [0.25, 0.3) is 0 Å². The van der Waals surface area contributed by atoms with Crippen molar-refractivity contribution >= 4 is 28.9 Å². The van der Waals surface area contributed by atoms with Crippen LogP contribution in [-0.4, -0.2) is 6.04 Å². The second kappa shape index (κ2) is 4.18. The molecule has 4 heteroatoms. The third-order valence-electron chi connectivity index (χ3n) is 2.73. The average Bonchev–Trinajstić information content (AvgIpc) is 2.11. The van der Waals surface area contributed by atoms with E-state index in [1.54, 1.807) is 12.1 Å². The fraction of sp³-hybridized carbons (Fsp3) is 0.455. The van der Waals surface area contributed by atoms with Gasteiger partial charge in [-0.15, -0.1) is 0 Å². The zero-order valence-corrected chi connectivity index (χ0v) is 9.87. The molecule has 0 amide bonds.